The number of hydrogen-bond acceptors (Lipinski definition) is 4. The molecule has 22 heavy (non-hydrogen) atoms. The lowest BCUT2D eigenvalue weighted by atomic mass is 9.95. The molecule has 2 fully saturated rings. The van der Waals surface area contributed by atoms with Gasteiger partial charge in [-0.3, -0.25) is 9.78 Å². The van der Waals surface area contributed by atoms with Gasteiger partial charge in [0.2, 0.25) is 0 Å². The number of pyridine rings is 1. The number of piperidine rings is 1. The molecule has 2 aliphatic rings. The Morgan fingerprint density at radius 1 is 1.23 bits per heavy atom. The molecule has 1 amide bonds. The molecule has 5 nitrogen and oxygen atoms in total. The van der Waals surface area contributed by atoms with Gasteiger partial charge in [0.1, 0.15) is 0 Å². The normalized spacial score (nSPS) is 20.5. The van der Waals surface area contributed by atoms with Gasteiger partial charge < -0.3 is 15.5 Å². The number of likely N-dealkylation sites (tertiary alicyclic amines) is 2. The van der Waals surface area contributed by atoms with Crippen LogP contribution in [-0.4, -0.2) is 53.4 Å². The predicted octanol–water partition coefficient (Wildman–Crippen LogP) is 1.49. The zero-order valence-corrected chi connectivity index (χ0v) is 13.2. The van der Waals surface area contributed by atoms with E-state index in [1.807, 2.05) is 11.0 Å². The average molecular weight is 302 g/mol. The minimum atomic E-state index is 0.122. The van der Waals surface area contributed by atoms with Gasteiger partial charge in [-0.15, -0.1) is 0 Å². The maximum Gasteiger partial charge on any atom is 0.253 e. The van der Waals surface area contributed by atoms with Crippen molar-refractivity contribution < 1.29 is 4.79 Å². The van der Waals surface area contributed by atoms with E-state index in [4.69, 9.17) is 5.73 Å². The highest BCUT2D eigenvalue weighted by Crippen LogP contribution is 2.22. The average Bonchev–Trinajstić information content (AvgIpc) is 3.08. The molecule has 0 aromatic carbocycles. The Kier molecular flexibility index (Phi) is 5.05. The number of aromatic nitrogens is 1. The maximum absolute atomic E-state index is 12.6. The highest BCUT2D eigenvalue weighted by atomic mass is 16.2. The first kappa shape index (κ1) is 15.4. The third kappa shape index (κ3) is 3.65. The number of rotatable bonds is 4. The summed E-state index contributed by atoms with van der Waals surface area (Å²) in [5.41, 5.74) is 7.09. The molecule has 0 atom stereocenters. The maximum atomic E-state index is 12.6. The number of nitrogens with two attached hydrogens (primary N) is 1. The second-order valence-electron chi connectivity index (χ2n) is 6.48. The number of amides is 1. The first-order valence-corrected chi connectivity index (χ1v) is 8.43. The Balaban J connectivity index is 1.52. The van der Waals surface area contributed by atoms with Crippen LogP contribution < -0.4 is 5.73 Å². The van der Waals surface area contributed by atoms with Crippen molar-refractivity contribution in [2.24, 2.45) is 11.7 Å². The second-order valence-corrected chi connectivity index (χ2v) is 6.48. The largest absolute Gasteiger partial charge is 0.339 e. The summed E-state index contributed by atoms with van der Waals surface area (Å²) in [7, 11) is 0. The van der Waals surface area contributed by atoms with E-state index in [2.05, 4.69) is 9.88 Å². The van der Waals surface area contributed by atoms with Crippen molar-refractivity contribution in [2.45, 2.75) is 32.2 Å². The molecule has 0 radical (unpaired) electrons. The molecule has 1 aromatic rings. The molecule has 0 spiro atoms. The Morgan fingerprint density at radius 3 is 2.64 bits per heavy atom. The van der Waals surface area contributed by atoms with Crippen molar-refractivity contribution in [3.8, 4) is 0 Å². The van der Waals surface area contributed by atoms with Crippen LogP contribution in [0.2, 0.25) is 0 Å². The lowest BCUT2D eigenvalue weighted by Crippen LogP contribution is -2.41. The van der Waals surface area contributed by atoms with Crippen molar-refractivity contribution >= 4 is 5.91 Å². The van der Waals surface area contributed by atoms with Crippen molar-refractivity contribution in [3.63, 3.8) is 0 Å². The first-order chi connectivity index (χ1) is 10.8. The van der Waals surface area contributed by atoms with E-state index in [1.165, 1.54) is 32.5 Å². The van der Waals surface area contributed by atoms with E-state index < -0.39 is 0 Å². The molecule has 0 bridgehead atoms. The SMILES string of the molecule is NCc1cc(C(=O)N2CCC(CN3CCCC3)CC2)ccn1. The van der Waals surface area contributed by atoms with Gasteiger partial charge in [0.25, 0.3) is 5.91 Å². The van der Waals surface area contributed by atoms with Gasteiger partial charge in [-0.25, -0.2) is 0 Å². The molecule has 1 aromatic heterocycles. The molecule has 2 saturated heterocycles. The van der Waals surface area contributed by atoms with Crippen LogP contribution in [0.1, 0.15) is 41.7 Å². The molecule has 0 unspecified atom stereocenters. The van der Waals surface area contributed by atoms with E-state index in [0.717, 1.165) is 37.5 Å². The van der Waals surface area contributed by atoms with Crippen molar-refractivity contribution in [1.82, 2.24) is 14.8 Å². The van der Waals surface area contributed by atoms with Crippen LogP contribution in [-0.2, 0) is 6.54 Å². The van der Waals surface area contributed by atoms with Gasteiger partial charge in [-0.1, -0.05) is 0 Å². The highest BCUT2D eigenvalue weighted by Gasteiger charge is 2.25. The monoisotopic (exact) mass is 302 g/mol. The third-order valence-electron chi connectivity index (χ3n) is 4.89. The fourth-order valence-corrected chi connectivity index (χ4v) is 3.55. The smallest absolute Gasteiger partial charge is 0.253 e. The van der Waals surface area contributed by atoms with E-state index in [-0.39, 0.29) is 5.91 Å². The molecule has 3 heterocycles. The number of hydrogen-bond donors (Lipinski definition) is 1. The lowest BCUT2D eigenvalue weighted by Gasteiger charge is -2.34. The van der Waals surface area contributed by atoms with Crippen LogP contribution in [0.15, 0.2) is 18.3 Å². The minimum absolute atomic E-state index is 0.122. The molecular formula is C17H26N4O. The summed E-state index contributed by atoms with van der Waals surface area (Å²) in [6.07, 6.45) is 6.62. The molecule has 0 saturated carbocycles. The number of carbonyl (C=O) groups excluding carboxylic acids is 1. The summed E-state index contributed by atoms with van der Waals surface area (Å²) < 4.78 is 0. The molecule has 2 N–H and O–H groups in total. The van der Waals surface area contributed by atoms with E-state index in [9.17, 15) is 4.79 Å². The Labute approximate surface area is 132 Å². The van der Waals surface area contributed by atoms with Crippen LogP contribution in [0.3, 0.4) is 0 Å². The molecular weight excluding hydrogens is 276 g/mol. The highest BCUT2D eigenvalue weighted by molar-refractivity contribution is 5.94. The summed E-state index contributed by atoms with van der Waals surface area (Å²) in [5, 5.41) is 0. The van der Waals surface area contributed by atoms with E-state index in [0.29, 0.717) is 12.1 Å². The number of carbonyl (C=O) groups is 1. The van der Waals surface area contributed by atoms with Crippen LogP contribution in [0, 0.1) is 5.92 Å². The van der Waals surface area contributed by atoms with Gasteiger partial charge in [0.05, 0.1) is 5.69 Å². The van der Waals surface area contributed by atoms with Gasteiger partial charge in [0, 0.05) is 37.9 Å². The van der Waals surface area contributed by atoms with Crippen molar-refractivity contribution in [3.05, 3.63) is 29.6 Å². The van der Waals surface area contributed by atoms with Gasteiger partial charge >= 0.3 is 0 Å². The van der Waals surface area contributed by atoms with Crippen molar-refractivity contribution in [1.29, 1.82) is 0 Å². The lowest BCUT2D eigenvalue weighted by molar-refractivity contribution is 0.0672. The molecule has 0 aliphatic carbocycles. The summed E-state index contributed by atoms with van der Waals surface area (Å²) in [4.78, 5) is 21.3. The van der Waals surface area contributed by atoms with Gasteiger partial charge in [-0.2, -0.15) is 0 Å². The van der Waals surface area contributed by atoms with Crippen LogP contribution in [0.4, 0.5) is 0 Å². The van der Waals surface area contributed by atoms with E-state index in [1.54, 1.807) is 12.3 Å². The quantitative estimate of drug-likeness (QED) is 0.915. The third-order valence-corrected chi connectivity index (χ3v) is 4.89. The first-order valence-electron chi connectivity index (χ1n) is 8.43. The zero-order valence-electron chi connectivity index (χ0n) is 13.2. The Hall–Kier alpha value is -1.46. The van der Waals surface area contributed by atoms with Crippen LogP contribution in [0.25, 0.3) is 0 Å². The van der Waals surface area contributed by atoms with Crippen LogP contribution in [0.5, 0.6) is 0 Å². The molecule has 5 heteroatoms. The molecule has 3 rings (SSSR count). The van der Waals surface area contributed by atoms with Gasteiger partial charge in [-0.05, 0) is 56.8 Å². The number of nitrogens with zero attached hydrogens (tertiary/aromatic N) is 3. The van der Waals surface area contributed by atoms with Gasteiger partial charge in [0.15, 0.2) is 0 Å². The molecule has 2 aliphatic heterocycles. The standard InChI is InChI=1S/C17H26N4O/c18-12-16-11-15(3-6-19-16)17(22)21-9-4-14(5-10-21)13-20-7-1-2-8-20/h3,6,11,14H,1-2,4-5,7-10,12-13,18H2. The Bertz CT molecular complexity index is 505. The van der Waals surface area contributed by atoms with E-state index >= 15 is 0 Å². The second kappa shape index (κ2) is 7.20. The van der Waals surface area contributed by atoms with Crippen LogP contribution >= 0.6 is 0 Å². The minimum Gasteiger partial charge on any atom is -0.339 e. The van der Waals surface area contributed by atoms with Crippen molar-refractivity contribution in [2.75, 3.05) is 32.7 Å². The summed E-state index contributed by atoms with van der Waals surface area (Å²) in [6.45, 7) is 5.86. The summed E-state index contributed by atoms with van der Waals surface area (Å²) in [5.74, 6) is 0.871. The Morgan fingerprint density at radius 2 is 1.95 bits per heavy atom. The summed E-state index contributed by atoms with van der Waals surface area (Å²) >= 11 is 0. The summed E-state index contributed by atoms with van der Waals surface area (Å²) in [6, 6.07) is 3.61. The predicted molar refractivity (Wildman–Crippen MR) is 86.4 cm³/mol. The zero-order chi connectivity index (χ0) is 15.4. The topological polar surface area (TPSA) is 62.5 Å². The fraction of sp³-hybridized carbons (Fsp3) is 0.647. The molecule has 120 valence electrons. The fourth-order valence-electron chi connectivity index (χ4n) is 3.55.